The monoisotopic (exact) mass is 469 g/mol. The summed E-state index contributed by atoms with van der Waals surface area (Å²) < 4.78 is 13.6. The van der Waals surface area contributed by atoms with Crippen molar-refractivity contribution in [3.05, 3.63) is 68.5 Å². The van der Waals surface area contributed by atoms with E-state index in [0.29, 0.717) is 24.3 Å². The van der Waals surface area contributed by atoms with Crippen LogP contribution in [-0.4, -0.2) is 51.6 Å². The Morgan fingerprint density at radius 1 is 0.971 bits per heavy atom. The van der Waals surface area contributed by atoms with Crippen molar-refractivity contribution in [1.82, 2.24) is 14.5 Å². The summed E-state index contributed by atoms with van der Waals surface area (Å²) in [5.74, 6) is -0.330. The second-order valence-corrected chi connectivity index (χ2v) is 8.91. The first-order valence-corrected chi connectivity index (χ1v) is 12.0. The first kappa shape index (κ1) is 24.1. The second-order valence-electron chi connectivity index (χ2n) is 8.91. The third-order valence-corrected chi connectivity index (χ3v) is 6.69. The van der Waals surface area contributed by atoms with E-state index in [0.717, 1.165) is 32.1 Å². The number of carbonyl (C=O) groups is 2. The van der Waals surface area contributed by atoms with Crippen molar-refractivity contribution in [2.24, 2.45) is 5.92 Å². The van der Waals surface area contributed by atoms with Crippen LogP contribution in [0.2, 0.25) is 0 Å². The van der Waals surface area contributed by atoms with Crippen LogP contribution in [-0.2, 0) is 9.47 Å². The Labute approximate surface area is 197 Å². The molecule has 1 aromatic heterocycles. The number of nitrogens with zero attached hydrogens (tertiary/aromatic N) is 2. The lowest BCUT2D eigenvalue weighted by Gasteiger charge is -2.23. The molecule has 1 saturated heterocycles. The maximum Gasteiger partial charge on any atom is 0.330 e. The van der Waals surface area contributed by atoms with Crippen LogP contribution in [0, 0.1) is 5.92 Å². The Bertz CT molecular complexity index is 1120. The predicted molar refractivity (Wildman–Crippen MR) is 125 cm³/mol. The highest BCUT2D eigenvalue weighted by atomic mass is 16.6. The zero-order valence-corrected chi connectivity index (χ0v) is 19.6. The van der Waals surface area contributed by atoms with E-state index in [9.17, 15) is 19.2 Å². The van der Waals surface area contributed by atoms with Crippen LogP contribution in [0.1, 0.15) is 72.9 Å². The van der Waals surface area contributed by atoms with Gasteiger partial charge in [-0.05, 0) is 31.4 Å². The van der Waals surface area contributed by atoms with E-state index in [1.54, 1.807) is 24.3 Å². The summed E-state index contributed by atoms with van der Waals surface area (Å²) in [6.45, 7) is 5.01. The van der Waals surface area contributed by atoms with Crippen molar-refractivity contribution in [2.75, 3.05) is 13.2 Å². The molecule has 2 aromatic rings. The molecule has 1 unspecified atom stereocenters. The molecule has 4 atom stereocenters. The van der Waals surface area contributed by atoms with Gasteiger partial charge in [-0.2, -0.15) is 0 Å². The fourth-order valence-electron chi connectivity index (χ4n) is 4.79. The molecular formula is C25H31N3O6. The molecule has 0 aliphatic carbocycles. The molecule has 4 rings (SSSR count). The van der Waals surface area contributed by atoms with Gasteiger partial charge in [0, 0.05) is 31.3 Å². The number of benzene rings is 1. The molecule has 9 nitrogen and oxygen atoms in total. The molecule has 1 N–H and O–H groups in total. The van der Waals surface area contributed by atoms with Gasteiger partial charge >= 0.3 is 5.69 Å². The van der Waals surface area contributed by atoms with Crippen LogP contribution in [0.25, 0.3) is 0 Å². The van der Waals surface area contributed by atoms with E-state index >= 15 is 0 Å². The molecule has 2 aliphatic heterocycles. The van der Waals surface area contributed by atoms with Gasteiger partial charge in [0.1, 0.15) is 6.10 Å². The Hall–Kier alpha value is -3.04. The van der Waals surface area contributed by atoms with Gasteiger partial charge in [-0.3, -0.25) is 28.8 Å². The summed E-state index contributed by atoms with van der Waals surface area (Å²) in [5.41, 5.74) is 0.00639. The first-order valence-electron chi connectivity index (χ1n) is 12.0. The Morgan fingerprint density at radius 3 is 2.29 bits per heavy atom. The van der Waals surface area contributed by atoms with Crippen LogP contribution in [0.4, 0.5) is 0 Å². The molecule has 0 spiro atoms. The van der Waals surface area contributed by atoms with Gasteiger partial charge in [-0.15, -0.1) is 0 Å². The number of unbranched alkanes of at least 4 members (excludes halogenated alkanes) is 3. The summed E-state index contributed by atoms with van der Waals surface area (Å²) in [5, 5.41) is 0. The highest BCUT2D eigenvalue weighted by molar-refractivity contribution is 6.21. The van der Waals surface area contributed by atoms with Crippen LogP contribution < -0.4 is 11.2 Å². The number of hydrogen-bond donors (Lipinski definition) is 1. The molecule has 9 heteroatoms. The molecule has 1 aromatic carbocycles. The average molecular weight is 470 g/mol. The molecule has 3 heterocycles. The number of carbonyl (C=O) groups excluding carboxylic acids is 2. The van der Waals surface area contributed by atoms with E-state index in [2.05, 4.69) is 11.9 Å². The first-order chi connectivity index (χ1) is 16.4. The van der Waals surface area contributed by atoms with Gasteiger partial charge in [0.05, 0.1) is 17.2 Å². The number of nitrogens with one attached hydrogen (secondary N) is 1. The number of aromatic amines is 1. The number of H-pyrrole nitrogens is 1. The molecule has 2 amide bonds. The SMILES string of the molecule is CC[C@H]1O[C@@H](n2ccc(=O)[nH]c2=O)C(OCCCCCCN2C(=O)c3ccccc3C2=O)[C@H]1C. The highest BCUT2D eigenvalue weighted by Crippen LogP contribution is 2.36. The minimum Gasteiger partial charge on any atom is -0.373 e. The highest BCUT2D eigenvalue weighted by Gasteiger charge is 2.43. The Balaban J connectivity index is 1.23. The van der Waals surface area contributed by atoms with Gasteiger partial charge < -0.3 is 9.47 Å². The van der Waals surface area contributed by atoms with Gasteiger partial charge in [-0.25, -0.2) is 4.79 Å². The topological polar surface area (TPSA) is 111 Å². The fraction of sp³-hybridized carbons (Fsp3) is 0.520. The van der Waals surface area contributed by atoms with Crippen molar-refractivity contribution in [3.63, 3.8) is 0 Å². The number of fused-ring (bicyclic) bond motifs is 1. The minimum absolute atomic E-state index is 0.0338. The summed E-state index contributed by atoms with van der Waals surface area (Å²) in [6, 6.07) is 8.23. The fourth-order valence-corrected chi connectivity index (χ4v) is 4.79. The smallest absolute Gasteiger partial charge is 0.330 e. The van der Waals surface area contributed by atoms with E-state index in [1.165, 1.54) is 21.7 Å². The average Bonchev–Trinajstić information content (AvgIpc) is 3.27. The second kappa shape index (κ2) is 10.5. The van der Waals surface area contributed by atoms with Crippen molar-refractivity contribution in [3.8, 4) is 0 Å². The zero-order chi connectivity index (χ0) is 24.2. The van der Waals surface area contributed by atoms with Crippen molar-refractivity contribution in [2.45, 2.75) is 64.4 Å². The minimum atomic E-state index is -0.585. The molecule has 182 valence electrons. The van der Waals surface area contributed by atoms with Gasteiger partial charge in [0.2, 0.25) is 0 Å². The molecule has 1 fully saturated rings. The number of hydrogen-bond acceptors (Lipinski definition) is 6. The van der Waals surface area contributed by atoms with E-state index in [1.807, 2.05) is 6.92 Å². The quantitative estimate of drug-likeness (QED) is 0.423. The van der Waals surface area contributed by atoms with Crippen LogP contribution in [0.5, 0.6) is 0 Å². The maximum absolute atomic E-state index is 12.4. The third-order valence-electron chi connectivity index (χ3n) is 6.69. The Morgan fingerprint density at radius 2 is 1.65 bits per heavy atom. The summed E-state index contributed by atoms with van der Waals surface area (Å²) in [4.78, 5) is 52.1. The summed E-state index contributed by atoms with van der Waals surface area (Å²) in [7, 11) is 0. The maximum atomic E-state index is 12.4. The van der Waals surface area contributed by atoms with Gasteiger partial charge in [0.25, 0.3) is 17.4 Å². The van der Waals surface area contributed by atoms with Crippen molar-refractivity contribution >= 4 is 11.8 Å². The molecule has 2 aliphatic rings. The van der Waals surface area contributed by atoms with Crippen molar-refractivity contribution < 1.29 is 19.1 Å². The number of rotatable bonds is 10. The lowest BCUT2D eigenvalue weighted by Crippen LogP contribution is -2.37. The Kier molecular flexibility index (Phi) is 7.43. The lowest BCUT2D eigenvalue weighted by atomic mass is 9.98. The van der Waals surface area contributed by atoms with E-state index in [4.69, 9.17) is 9.47 Å². The number of amides is 2. The predicted octanol–water partition coefficient (Wildman–Crippen LogP) is 2.72. The molecular weight excluding hydrogens is 438 g/mol. The number of aromatic nitrogens is 2. The van der Waals surface area contributed by atoms with Gasteiger partial charge in [-0.1, -0.05) is 38.8 Å². The van der Waals surface area contributed by atoms with Crippen molar-refractivity contribution in [1.29, 1.82) is 0 Å². The molecule has 0 saturated carbocycles. The lowest BCUT2D eigenvalue weighted by molar-refractivity contribution is -0.0672. The molecule has 0 radical (unpaired) electrons. The van der Waals surface area contributed by atoms with Crippen LogP contribution in [0.3, 0.4) is 0 Å². The summed E-state index contributed by atoms with van der Waals surface area (Å²) >= 11 is 0. The number of ether oxygens (including phenoxy) is 2. The normalized spacial score (nSPS) is 24.1. The van der Waals surface area contributed by atoms with E-state index < -0.39 is 17.5 Å². The zero-order valence-electron chi connectivity index (χ0n) is 19.6. The van der Waals surface area contributed by atoms with E-state index in [-0.39, 0.29) is 29.9 Å². The van der Waals surface area contributed by atoms with Gasteiger partial charge in [0.15, 0.2) is 6.23 Å². The molecule has 0 bridgehead atoms. The summed E-state index contributed by atoms with van der Waals surface area (Å²) in [6.07, 6.45) is 4.65. The number of imide groups is 1. The van der Waals surface area contributed by atoms with Crippen LogP contribution >= 0.6 is 0 Å². The van der Waals surface area contributed by atoms with Crippen LogP contribution in [0.15, 0.2) is 46.1 Å². The standard InChI is InChI=1S/C25H31N3O6/c1-3-19-16(2)21(24(34-19)28-14-12-20(29)26-25(28)32)33-15-9-5-4-8-13-27-22(30)17-10-6-7-11-18(17)23(27)31/h6-7,10-12,14,16,19,21,24H,3-5,8-9,13,15H2,1-2H3,(H,26,29,32)/t16-,19+,21?,24+/m0/s1. The third kappa shape index (κ3) is 4.76. The largest absolute Gasteiger partial charge is 0.373 e. The molecule has 34 heavy (non-hydrogen) atoms.